The lowest BCUT2D eigenvalue weighted by Gasteiger charge is -2.08. The summed E-state index contributed by atoms with van der Waals surface area (Å²) >= 11 is 12.7. The zero-order valence-electron chi connectivity index (χ0n) is 16.9. The SMILES string of the molecule is CCOC(=O)c1c(NC(=O)c2ccc(Cl)c(Cl)c2)sc(C(=O)Nc2ccccc2F)c1C. The molecule has 0 aliphatic carbocycles. The molecule has 0 fully saturated rings. The molecule has 3 aromatic rings. The lowest BCUT2D eigenvalue weighted by molar-refractivity contribution is 0.0527. The van der Waals surface area contributed by atoms with Crippen molar-refractivity contribution in [2.24, 2.45) is 0 Å². The fourth-order valence-corrected chi connectivity index (χ4v) is 4.20. The Hall–Kier alpha value is -2.94. The Morgan fingerprint density at radius 3 is 2.41 bits per heavy atom. The van der Waals surface area contributed by atoms with Gasteiger partial charge < -0.3 is 15.4 Å². The second kappa shape index (κ2) is 10.1. The highest BCUT2D eigenvalue weighted by molar-refractivity contribution is 7.19. The second-order valence-electron chi connectivity index (χ2n) is 6.50. The van der Waals surface area contributed by atoms with E-state index in [0.29, 0.717) is 5.56 Å². The number of thiophene rings is 1. The Morgan fingerprint density at radius 2 is 1.75 bits per heavy atom. The van der Waals surface area contributed by atoms with Crippen LogP contribution in [0.5, 0.6) is 0 Å². The Balaban J connectivity index is 1.96. The second-order valence-corrected chi connectivity index (χ2v) is 8.33. The first-order valence-electron chi connectivity index (χ1n) is 9.35. The van der Waals surface area contributed by atoms with E-state index < -0.39 is 23.6 Å². The molecule has 0 saturated carbocycles. The number of nitrogens with one attached hydrogen (secondary N) is 2. The lowest BCUT2D eigenvalue weighted by atomic mass is 10.1. The number of halogens is 3. The number of amides is 2. The van der Waals surface area contributed by atoms with E-state index in [1.54, 1.807) is 19.9 Å². The zero-order chi connectivity index (χ0) is 23.4. The van der Waals surface area contributed by atoms with E-state index >= 15 is 0 Å². The normalized spacial score (nSPS) is 10.5. The van der Waals surface area contributed by atoms with Gasteiger partial charge in [-0.25, -0.2) is 9.18 Å². The maximum Gasteiger partial charge on any atom is 0.341 e. The Labute approximate surface area is 197 Å². The average Bonchev–Trinajstić information content (AvgIpc) is 3.07. The number of para-hydroxylation sites is 1. The van der Waals surface area contributed by atoms with Crippen molar-refractivity contribution in [3.63, 3.8) is 0 Å². The van der Waals surface area contributed by atoms with Crippen molar-refractivity contribution in [2.75, 3.05) is 17.2 Å². The fraction of sp³-hybridized carbons (Fsp3) is 0.136. The van der Waals surface area contributed by atoms with Gasteiger partial charge in [0, 0.05) is 5.56 Å². The molecule has 6 nitrogen and oxygen atoms in total. The summed E-state index contributed by atoms with van der Waals surface area (Å²) in [7, 11) is 0. The molecule has 32 heavy (non-hydrogen) atoms. The van der Waals surface area contributed by atoms with E-state index in [0.717, 1.165) is 11.3 Å². The van der Waals surface area contributed by atoms with Crippen LogP contribution in [0.4, 0.5) is 15.1 Å². The third kappa shape index (κ3) is 5.09. The van der Waals surface area contributed by atoms with Gasteiger partial charge in [-0.1, -0.05) is 35.3 Å². The van der Waals surface area contributed by atoms with Crippen LogP contribution >= 0.6 is 34.5 Å². The monoisotopic (exact) mass is 494 g/mol. The summed E-state index contributed by atoms with van der Waals surface area (Å²) < 4.78 is 19.0. The summed E-state index contributed by atoms with van der Waals surface area (Å²) in [5.41, 5.74) is 0.540. The van der Waals surface area contributed by atoms with E-state index in [2.05, 4.69) is 10.6 Å². The summed E-state index contributed by atoms with van der Waals surface area (Å²) in [4.78, 5) is 38.2. The molecule has 10 heteroatoms. The molecule has 1 heterocycles. The van der Waals surface area contributed by atoms with Crippen molar-refractivity contribution in [3.8, 4) is 0 Å². The highest BCUT2D eigenvalue weighted by Gasteiger charge is 2.27. The number of esters is 1. The molecular formula is C22H17Cl2FN2O4S. The minimum absolute atomic E-state index is 0.00984. The molecule has 3 rings (SSSR count). The van der Waals surface area contributed by atoms with Crippen LogP contribution in [-0.4, -0.2) is 24.4 Å². The number of carbonyl (C=O) groups excluding carboxylic acids is 3. The van der Waals surface area contributed by atoms with Gasteiger partial charge in [-0.2, -0.15) is 0 Å². The number of rotatable bonds is 6. The summed E-state index contributed by atoms with van der Waals surface area (Å²) in [6.45, 7) is 3.29. The first kappa shape index (κ1) is 23.7. The maximum absolute atomic E-state index is 13.9. The van der Waals surface area contributed by atoms with Crippen molar-refractivity contribution < 1.29 is 23.5 Å². The number of ether oxygens (including phenoxy) is 1. The van der Waals surface area contributed by atoms with E-state index in [9.17, 15) is 18.8 Å². The predicted molar refractivity (Wildman–Crippen MR) is 124 cm³/mol. The Morgan fingerprint density at radius 1 is 1.03 bits per heavy atom. The van der Waals surface area contributed by atoms with Crippen molar-refractivity contribution in [3.05, 3.63) is 79.9 Å². The zero-order valence-corrected chi connectivity index (χ0v) is 19.3. The minimum Gasteiger partial charge on any atom is -0.462 e. The van der Waals surface area contributed by atoms with E-state index in [-0.39, 0.29) is 43.3 Å². The minimum atomic E-state index is -0.698. The number of carbonyl (C=O) groups is 3. The Kier molecular flexibility index (Phi) is 7.50. The van der Waals surface area contributed by atoms with Gasteiger partial charge in [0.2, 0.25) is 0 Å². The first-order valence-corrected chi connectivity index (χ1v) is 10.9. The molecule has 0 spiro atoms. The van der Waals surface area contributed by atoms with Gasteiger partial charge >= 0.3 is 5.97 Å². The fourth-order valence-electron chi connectivity index (χ4n) is 2.82. The smallest absolute Gasteiger partial charge is 0.341 e. The average molecular weight is 495 g/mol. The van der Waals surface area contributed by atoms with Gasteiger partial charge in [0.15, 0.2) is 0 Å². The van der Waals surface area contributed by atoms with Gasteiger partial charge in [-0.15, -0.1) is 11.3 Å². The summed E-state index contributed by atoms with van der Waals surface area (Å²) in [6, 6.07) is 10.0. The molecule has 1 aromatic heterocycles. The van der Waals surface area contributed by atoms with E-state index in [1.807, 2.05) is 0 Å². The predicted octanol–water partition coefficient (Wildman–Crippen LogP) is 6.18. The molecule has 0 unspecified atom stereocenters. The quantitative estimate of drug-likeness (QED) is 0.400. The molecule has 2 aromatic carbocycles. The maximum atomic E-state index is 13.9. The van der Waals surface area contributed by atoms with Gasteiger partial charge in [0.05, 0.1) is 32.8 Å². The van der Waals surface area contributed by atoms with E-state index in [1.165, 1.54) is 36.4 Å². The summed E-state index contributed by atoms with van der Waals surface area (Å²) in [5, 5.41) is 5.70. The Bertz CT molecular complexity index is 1210. The summed E-state index contributed by atoms with van der Waals surface area (Å²) in [5.74, 6) is -2.49. The van der Waals surface area contributed by atoms with Crippen molar-refractivity contribution in [1.29, 1.82) is 0 Å². The number of anilines is 2. The van der Waals surface area contributed by atoms with Crippen LogP contribution in [0.2, 0.25) is 10.0 Å². The van der Waals surface area contributed by atoms with Crippen LogP contribution in [0.1, 0.15) is 42.9 Å². The molecule has 2 N–H and O–H groups in total. The number of hydrogen-bond donors (Lipinski definition) is 2. The van der Waals surface area contributed by atoms with Crippen LogP contribution in [-0.2, 0) is 4.74 Å². The van der Waals surface area contributed by atoms with Gasteiger partial charge in [0.25, 0.3) is 11.8 Å². The number of benzene rings is 2. The van der Waals surface area contributed by atoms with Crippen LogP contribution in [0.25, 0.3) is 0 Å². The molecule has 0 aliphatic rings. The highest BCUT2D eigenvalue weighted by Crippen LogP contribution is 2.35. The van der Waals surface area contributed by atoms with E-state index in [4.69, 9.17) is 27.9 Å². The van der Waals surface area contributed by atoms with Gasteiger partial charge in [-0.05, 0) is 49.7 Å². The third-order valence-corrected chi connectivity index (χ3v) is 6.31. The largest absolute Gasteiger partial charge is 0.462 e. The molecule has 166 valence electrons. The number of hydrogen-bond acceptors (Lipinski definition) is 5. The molecule has 0 bridgehead atoms. The van der Waals surface area contributed by atoms with Crippen LogP contribution < -0.4 is 10.6 Å². The van der Waals surface area contributed by atoms with Crippen LogP contribution in [0.3, 0.4) is 0 Å². The van der Waals surface area contributed by atoms with Crippen molar-refractivity contribution >= 4 is 63.0 Å². The molecular weight excluding hydrogens is 478 g/mol. The molecule has 0 aliphatic heterocycles. The van der Waals surface area contributed by atoms with Gasteiger partial charge in [0.1, 0.15) is 10.8 Å². The first-order chi connectivity index (χ1) is 15.2. The molecule has 0 atom stereocenters. The van der Waals surface area contributed by atoms with Crippen molar-refractivity contribution in [2.45, 2.75) is 13.8 Å². The van der Waals surface area contributed by atoms with Crippen LogP contribution in [0.15, 0.2) is 42.5 Å². The van der Waals surface area contributed by atoms with Crippen molar-refractivity contribution in [1.82, 2.24) is 0 Å². The highest BCUT2D eigenvalue weighted by atomic mass is 35.5. The lowest BCUT2D eigenvalue weighted by Crippen LogP contribution is -2.15. The topological polar surface area (TPSA) is 84.5 Å². The summed E-state index contributed by atoms with van der Waals surface area (Å²) in [6.07, 6.45) is 0. The third-order valence-electron chi connectivity index (χ3n) is 4.36. The molecule has 0 saturated heterocycles. The van der Waals surface area contributed by atoms with Crippen LogP contribution in [0, 0.1) is 12.7 Å². The van der Waals surface area contributed by atoms with Gasteiger partial charge in [-0.3, -0.25) is 9.59 Å². The molecule has 2 amide bonds. The standard InChI is InChI=1S/C22H17Cl2FN2O4S/c1-3-31-22(30)17-11(2)18(20(29)26-16-7-5-4-6-15(16)25)32-21(17)27-19(28)12-8-9-13(23)14(24)10-12/h4-10H,3H2,1-2H3,(H,26,29)(H,27,28). The molecule has 0 radical (unpaired) electrons.